The number of nitrogens with one attached hydrogen (secondary N) is 1. The largest absolute Gasteiger partial charge is 0.481 e. The molecule has 1 aromatic heterocycles. The van der Waals surface area contributed by atoms with Gasteiger partial charge >= 0.3 is 0 Å². The van der Waals surface area contributed by atoms with E-state index in [9.17, 15) is 0 Å². The molecule has 0 saturated heterocycles. The monoisotopic (exact) mass is 252 g/mol. The molecule has 3 N–H and O–H groups in total. The summed E-state index contributed by atoms with van der Waals surface area (Å²) in [4.78, 5) is 6.58. The highest BCUT2D eigenvalue weighted by atomic mass is 16.5. The number of hydrogen-bond donors (Lipinski definition) is 2. The molecule has 0 aliphatic heterocycles. The van der Waals surface area contributed by atoms with Gasteiger partial charge in [0.25, 0.3) is 0 Å². The Labute approximate surface area is 109 Å². The molecule has 1 aromatic rings. The van der Waals surface area contributed by atoms with E-state index in [2.05, 4.69) is 36.1 Å². The maximum Gasteiger partial charge on any atom is 0.215 e. The van der Waals surface area contributed by atoms with Gasteiger partial charge in [0, 0.05) is 18.7 Å². The van der Waals surface area contributed by atoms with Gasteiger partial charge in [-0.25, -0.2) is 0 Å². The highest BCUT2D eigenvalue weighted by Gasteiger charge is 2.04. The summed E-state index contributed by atoms with van der Waals surface area (Å²) in [7, 11) is 3.72. The molecule has 0 aromatic carbocycles. The third-order valence-electron chi connectivity index (χ3n) is 2.97. The molecule has 0 aliphatic carbocycles. The Bertz CT molecular complexity index is 368. The molecule has 0 bridgehead atoms. The summed E-state index contributed by atoms with van der Waals surface area (Å²) in [6, 6.07) is 4.13. The molecule has 0 radical (unpaired) electrons. The van der Waals surface area contributed by atoms with Crippen molar-refractivity contribution in [3.63, 3.8) is 0 Å². The average molecular weight is 252 g/mol. The molecule has 18 heavy (non-hydrogen) atoms. The van der Waals surface area contributed by atoms with Crippen molar-refractivity contribution in [2.75, 3.05) is 38.3 Å². The van der Waals surface area contributed by atoms with Crippen molar-refractivity contribution in [3.05, 3.63) is 12.1 Å². The molecule has 0 amide bonds. The van der Waals surface area contributed by atoms with Crippen molar-refractivity contribution in [1.82, 2.24) is 9.88 Å². The van der Waals surface area contributed by atoms with E-state index in [-0.39, 0.29) is 0 Å². The first-order valence-electron chi connectivity index (χ1n) is 6.29. The van der Waals surface area contributed by atoms with E-state index in [1.54, 1.807) is 19.2 Å². The van der Waals surface area contributed by atoms with E-state index in [1.807, 2.05) is 0 Å². The first-order chi connectivity index (χ1) is 8.54. The lowest BCUT2D eigenvalue weighted by molar-refractivity contribution is 0.273. The molecule has 1 rings (SSSR count). The molecule has 5 nitrogen and oxygen atoms in total. The summed E-state index contributed by atoms with van der Waals surface area (Å²) in [6.07, 6.45) is 1.05. The maximum atomic E-state index is 5.84. The number of rotatable bonds is 7. The van der Waals surface area contributed by atoms with Crippen molar-refractivity contribution >= 4 is 11.5 Å². The first kappa shape index (κ1) is 14.6. The number of hydrogen-bond acceptors (Lipinski definition) is 5. The Balaban J connectivity index is 2.39. The fraction of sp³-hybridized carbons (Fsp3) is 0.615. The molecule has 0 unspecified atom stereocenters. The van der Waals surface area contributed by atoms with Crippen LogP contribution in [0.15, 0.2) is 12.1 Å². The first-order valence-corrected chi connectivity index (χ1v) is 6.29. The van der Waals surface area contributed by atoms with Crippen LogP contribution in [0.25, 0.3) is 0 Å². The molecule has 0 spiro atoms. The van der Waals surface area contributed by atoms with Gasteiger partial charge in [0.05, 0.1) is 12.8 Å². The van der Waals surface area contributed by atoms with Gasteiger partial charge in [-0.1, -0.05) is 0 Å². The number of ether oxygens (including phenoxy) is 1. The molecule has 0 saturated carbocycles. The Morgan fingerprint density at radius 1 is 1.44 bits per heavy atom. The second-order valence-electron chi connectivity index (χ2n) is 4.65. The standard InChI is InChI=1S/C13H24N4O/c1-10(2)17(3)9-5-8-15-13-11(14)6-7-12(16-13)18-4/h6-7,10H,5,8-9,14H2,1-4H3,(H,15,16). The summed E-state index contributed by atoms with van der Waals surface area (Å²) in [5.41, 5.74) is 6.49. The van der Waals surface area contributed by atoms with Crippen LogP contribution in [0.5, 0.6) is 5.88 Å². The highest BCUT2D eigenvalue weighted by Crippen LogP contribution is 2.19. The van der Waals surface area contributed by atoms with Crippen LogP contribution in [0.1, 0.15) is 20.3 Å². The predicted molar refractivity (Wildman–Crippen MR) is 76.1 cm³/mol. The van der Waals surface area contributed by atoms with Gasteiger partial charge < -0.3 is 20.7 Å². The second kappa shape index (κ2) is 7.06. The minimum atomic E-state index is 0.574. The predicted octanol–water partition coefficient (Wildman–Crippen LogP) is 1.81. The lowest BCUT2D eigenvalue weighted by Gasteiger charge is -2.20. The Morgan fingerprint density at radius 2 is 2.17 bits per heavy atom. The molecule has 0 aliphatic rings. The zero-order valence-corrected chi connectivity index (χ0v) is 11.7. The number of pyridine rings is 1. The summed E-state index contributed by atoms with van der Waals surface area (Å²) >= 11 is 0. The zero-order chi connectivity index (χ0) is 13.5. The van der Waals surface area contributed by atoms with Crippen molar-refractivity contribution in [1.29, 1.82) is 0 Å². The van der Waals surface area contributed by atoms with Crippen LogP contribution in [0.3, 0.4) is 0 Å². The van der Waals surface area contributed by atoms with E-state index >= 15 is 0 Å². The van der Waals surface area contributed by atoms with E-state index < -0.39 is 0 Å². The SMILES string of the molecule is COc1ccc(N)c(NCCCN(C)C(C)C)n1. The Kier molecular flexibility index (Phi) is 5.71. The topological polar surface area (TPSA) is 63.4 Å². The van der Waals surface area contributed by atoms with Gasteiger partial charge in [-0.15, -0.1) is 0 Å². The zero-order valence-electron chi connectivity index (χ0n) is 11.7. The lowest BCUT2D eigenvalue weighted by atomic mass is 10.3. The summed E-state index contributed by atoms with van der Waals surface area (Å²) in [6.45, 7) is 6.28. The summed E-state index contributed by atoms with van der Waals surface area (Å²) < 4.78 is 5.07. The third-order valence-corrected chi connectivity index (χ3v) is 2.97. The molecule has 1 heterocycles. The fourth-order valence-electron chi connectivity index (χ4n) is 1.50. The minimum Gasteiger partial charge on any atom is -0.481 e. The molecular weight excluding hydrogens is 228 g/mol. The van der Waals surface area contributed by atoms with Crippen LogP contribution >= 0.6 is 0 Å². The molecule has 0 fully saturated rings. The van der Waals surface area contributed by atoms with Gasteiger partial charge in [-0.3, -0.25) is 0 Å². The van der Waals surface area contributed by atoms with Crippen LogP contribution in [0, 0.1) is 0 Å². The lowest BCUT2D eigenvalue weighted by Crippen LogP contribution is -2.28. The van der Waals surface area contributed by atoms with Crippen LogP contribution < -0.4 is 15.8 Å². The van der Waals surface area contributed by atoms with E-state index in [4.69, 9.17) is 10.5 Å². The number of anilines is 2. The number of aromatic nitrogens is 1. The van der Waals surface area contributed by atoms with Crippen molar-refractivity contribution < 1.29 is 4.74 Å². The van der Waals surface area contributed by atoms with E-state index in [1.165, 1.54) is 0 Å². The smallest absolute Gasteiger partial charge is 0.215 e. The van der Waals surface area contributed by atoms with Gasteiger partial charge in [0.2, 0.25) is 5.88 Å². The van der Waals surface area contributed by atoms with Gasteiger partial charge in [-0.2, -0.15) is 4.98 Å². The second-order valence-corrected chi connectivity index (χ2v) is 4.65. The average Bonchev–Trinajstić information content (AvgIpc) is 2.36. The fourth-order valence-corrected chi connectivity index (χ4v) is 1.50. The normalized spacial score (nSPS) is 11.0. The quantitative estimate of drug-likeness (QED) is 0.725. The maximum absolute atomic E-state index is 5.84. The van der Waals surface area contributed by atoms with Crippen LogP contribution in [0.2, 0.25) is 0 Å². The molecular formula is C13H24N4O. The van der Waals surface area contributed by atoms with Crippen molar-refractivity contribution in [2.45, 2.75) is 26.3 Å². The Morgan fingerprint density at radius 3 is 2.78 bits per heavy atom. The van der Waals surface area contributed by atoms with Crippen molar-refractivity contribution in [2.24, 2.45) is 0 Å². The van der Waals surface area contributed by atoms with Gasteiger partial charge in [0.15, 0.2) is 5.82 Å². The van der Waals surface area contributed by atoms with Crippen LogP contribution in [-0.2, 0) is 0 Å². The number of methoxy groups -OCH3 is 1. The number of nitrogen functional groups attached to an aromatic ring is 1. The van der Waals surface area contributed by atoms with Crippen LogP contribution in [-0.4, -0.2) is 43.2 Å². The molecule has 5 heteroatoms. The highest BCUT2D eigenvalue weighted by molar-refractivity contribution is 5.61. The minimum absolute atomic E-state index is 0.574. The third kappa shape index (κ3) is 4.41. The van der Waals surface area contributed by atoms with E-state index in [0.717, 1.165) is 19.5 Å². The number of nitrogens with two attached hydrogens (primary N) is 1. The molecule has 102 valence electrons. The van der Waals surface area contributed by atoms with Crippen LogP contribution in [0.4, 0.5) is 11.5 Å². The Hall–Kier alpha value is -1.49. The number of nitrogens with zero attached hydrogens (tertiary/aromatic N) is 2. The summed E-state index contributed by atoms with van der Waals surface area (Å²) in [5, 5.41) is 3.24. The van der Waals surface area contributed by atoms with Crippen molar-refractivity contribution in [3.8, 4) is 5.88 Å². The molecule has 0 atom stereocenters. The van der Waals surface area contributed by atoms with E-state index in [0.29, 0.717) is 23.4 Å². The summed E-state index contributed by atoms with van der Waals surface area (Å²) in [5.74, 6) is 1.27. The van der Waals surface area contributed by atoms with Gasteiger partial charge in [-0.05, 0) is 39.9 Å². The van der Waals surface area contributed by atoms with Gasteiger partial charge in [0.1, 0.15) is 0 Å².